The minimum Gasteiger partial charge on any atom is -0.326 e. The molecule has 0 bridgehead atoms. The van der Waals surface area contributed by atoms with Gasteiger partial charge in [-0.1, -0.05) is 42.5 Å². The molecule has 0 spiro atoms. The molecule has 4 nitrogen and oxygen atoms in total. The Balaban J connectivity index is 1.51. The second-order valence-electron chi connectivity index (χ2n) is 7.69. The Hall–Kier alpha value is -3.77. The third kappa shape index (κ3) is 5.73. The number of carbonyl (C=O) groups is 2. The Morgan fingerprint density at radius 2 is 1.64 bits per heavy atom. The highest BCUT2D eigenvalue weighted by Gasteiger charge is 2.20. The zero-order valence-corrected chi connectivity index (χ0v) is 18.9. The Labute approximate surface area is 196 Å². The summed E-state index contributed by atoms with van der Waals surface area (Å²) in [4.78, 5) is 28.1. The van der Waals surface area contributed by atoms with Gasteiger partial charge < -0.3 is 10.2 Å². The molecule has 0 aliphatic rings. The van der Waals surface area contributed by atoms with E-state index in [9.17, 15) is 14.0 Å². The number of amides is 2. The number of aryl methyl sites for hydroxylation is 1. The Morgan fingerprint density at radius 1 is 0.909 bits per heavy atom. The van der Waals surface area contributed by atoms with Gasteiger partial charge in [0.2, 0.25) is 5.91 Å². The molecule has 0 unspecified atom stereocenters. The van der Waals surface area contributed by atoms with Crippen LogP contribution in [0.3, 0.4) is 0 Å². The Bertz CT molecular complexity index is 1240. The van der Waals surface area contributed by atoms with Crippen LogP contribution in [0, 0.1) is 12.7 Å². The standard InChI is InChI=1S/C27H23FN2O2S/c1-19-5-2-3-6-21(19)18-30(27(32)25-7-4-16-33-25)24-14-8-20(9-15-24)17-26(31)29-23-12-10-22(28)11-13-23/h2-16H,17-18H2,1H3,(H,29,31). The van der Waals surface area contributed by atoms with Crippen LogP contribution in [-0.2, 0) is 17.8 Å². The van der Waals surface area contributed by atoms with Crippen molar-refractivity contribution in [1.29, 1.82) is 0 Å². The normalized spacial score (nSPS) is 10.6. The summed E-state index contributed by atoms with van der Waals surface area (Å²) in [7, 11) is 0. The molecule has 33 heavy (non-hydrogen) atoms. The lowest BCUT2D eigenvalue weighted by Gasteiger charge is -2.23. The number of nitrogens with zero attached hydrogens (tertiary/aromatic N) is 1. The first-order valence-electron chi connectivity index (χ1n) is 10.5. The largest absolute Gasteiger partial charge is 0.326 e. The maximum atomic E-state index is 13.3. The van der Waals surface area contributed by atoms with Crippen molar-refractivity contribution >= 4 is 34.5 Å². The van der Waals surface area contributed by atoms with E-state index in [2.05, 4.69) is 5.32 Å². The average Bonchev–Trinajstić information content (AvgIpc) is 3.35. The van der Waals surface area contributed by atoms with Crippen molar-refractivity contribution in [1.82, 2.24) is 0 Å². The first-order valence-corrected chi connectivity index (χ1v) is 11.4. The lowest BCUT2D eigenvalue weighted by molar-refractivity contribution is -0.115. The zero-order valence-electron chi connectivity index (χ0n) is 18.1. The fourth-order valence-corrected chi connectivity index (χ4v) is 4.16. The molecule has 1 N–H and O–H groups in total. The van der Waals surface area contributed by atoms with E-state index >= 15 is 0 Å². The van der Waals surface area contributed by atoms with Gasteiger partial charge >= 0.3 is 0 Å². The topological polar surface area (TPSA) is 49.4 Å². The van der Waals surface area contributed by atoms with Crippen LogP contribution in [0.4, 0.5) is 15.8 Å². The number of hydrogen-bond acceptors (Lipinski definition) is 3. The van der Waals surface area contributed by atoms with Crippen LogP contribution in [0.5, 0.6) is 0 Å². The third-order valence-electron chi connectivity index (χ3n) is 5.31. The summed E-state index contributed by atoms with van der Waals surface area (Å²) in [5.41, 5.74) is 4.32. The predicted octanol–water partition coefficient (Wildman–Crippen LogP) is 6.22. The molecule has 2 amide bonds. The van der Waals surface area contributed by atoms with Crippen molar-refractivity contribution in [3.63, 3.8) is 0 Å². The molecule has 4 aromatic rings. The summed E-state index contributed by atoms with van der Waals surface area (Å²) >= 11 is 1.41. The molecule has 4 rings (SSSR count). The third-order valence-corrected chi connectivity index (χ3v) is 6.17. The fourth-order valence-electron chi connectivity index (χ4n) is 3.49. The minimum atomic E-state index is -0.351. The molecule has 6 heteroatoms. The molecule has 3 aromatic carbocycles. The lowest BCUT2D eigenvalue weighted by atomic mass is 10.1. The number of nitrogens with one attached hydrogen (secondary N) is 1. The van der Waals surface area contributed by atoms with Gasteiger partial charge in [0.25, 0.3) is 5.91 Å². The van der Waals surface area contributed by atoms with Gasteiger partial charge in [-0.3, -0.25) is 9.59 Å². The number of anilines is 2. The van der Waals surface area contributed by atoms with Crippen molar-refractivity contribution in [3.05, 3.63) is 118 Å². The van der Waals surface area contributed by atoms with Crippen molar-refractivity contribution < 1.29 is 14.0 Å². The van der Waals surface area contributed by atoms with Crippen molar-refractivity contribution in [2.75, 3.05) is 10.2 Å². The number of halogens is 1. The number of benzene rings is 3. The second-order valence-corrected chi connectivity index (χ2v) is 8.64. The highest BCUT2D eigenvalue weighted by atomic mass is 32.1. The number of carbonyl (C=O) groups excluding carboxylic acids is 2. The number of rotatable bonds is 7. The van der Waals surface area contributed by atoms with Crippen LogP contribution >= 0.6 is 11.3 Å². The van der Waals surface area contributed by atoms with Crippen LogP contribution < -0.4 is 10.2 Å². The van der Waals surface area contributed by atoms with E-state index in [-0.39, 0.29) is 24.1 Å². The smallest absolute Gasteiger partial charge is 0.268 e. The first kappa shape index (κ1) is 22.4. The van der Waals surface area contributed by atoms with Gasteiger partial charge in [-0.05, 0) is 71.5 Å². The van der Waals surface area contributed by atoms with Crippen molar-refractivity contribution in [2.45, 2.75) is 19.9 Å². The van der Waals surface area contributed by atoms with Crippen LogP contribution in [0.25, 0.3) is 0 Å². The van der Waals surface area contributed by atoms with E-state index in [4.69, 9.17) is 0 Å². The molecule has 0 saturated heterocycles. The average molecular weight is 459 g/mol. The molecule has 0 atom stereocenters. The molecular formula is C27H23FN2O2S. The highest BCUT2D eigenvalue weighted by Crippen LogP contribution is 2.24. The molecule has 166 valence electrons. The zero-order chi connectivity index (χ0) is 23.2. The van der Waals surface area contributed by atoms with Gasteiger partial charge in [-0.15, -0.1) is 11.3 Å². The van der Waals surface area contributed by atoms with Crippen LogP contribution in [0.2, 0.25) is 0 Å². The van der Waals surface area contributed by atoms with Crippen molar-refractivity contribution in [2.24, 2.45) is 0 Å². The molecule has 0 aliphatic heterocycles. The van der Waals surface area contributed by atoms with E-state index in [1.165, 1.54) is 35.6 Å². The van der Waals surface area contributed by atoms with Gasteiger partial charge in [0.1, 0.15) is 5.82 Å². The van der Waals surface area contributed by atoms with E-state index in [0.717, 1.165) is 22.4 Å². The fraction of sp³-hybridized carbons (Fsp3) is 0.111. The Kier molecular flexibility index (Phi) is 6.95. The van der Waals surface area contributed by atoms with Crippen molar-refractivity contribution in [3.8, 4) is 0 Å². The maximum Gasteiger partial charge on any atom is 0.268 e. The second kappa shape index (κ2) is 10.2. The Morgan fingerprint density at radius 3 is 2.30 bits per heavy atom. The van der Waals surface area contributed by atoms with Crippen LogP contribution in [0.1, 0.15) is 26.4 Å². The predicted molar refractivity (Wildman–Crippen MR) is 131 cm³/mol. The summed E-state index contributed by atoms with van der Waals surface area (Å²) in [6, 6.07) is 24.8. The quantitative estimate of drug-likeness (QED) is 0.357. The van der Waals surface area contributed by atoms with Gasteiger partial charge in [-0.2, -0.15) is 0 Å². The monoisotopic (exact) mass is 458 g/mol. The SMILES string of the molecule is Cc1ccccc1CN(C(=O)c1cccs1)c1ccc(CC(=O)Nc2ccc(F)cc2)cc1. The van der Waals surface area contributed by atoms with E-state index < -0.39 is 0 Å². The molecule has 1 aromatic heterocycles. The molecule has 1 heterocycles. The number of thiophene rings is 1. The van der Waals surface area contributed by atoms with Gasteiger partial charge in [-0.25, -0.2) is 4.39 Å². The van der Waals surface area contributed by atoms with E-state index in [1.807, 2.05) is 73.0 Å². The maximum absolute atomic E-state index is 13.3. The molecule has 0 fully saturated rings. The van der Waals surface area contributed by atoms with E-state index in [1.54, 1.807) is 4.90 Å². The summed E-state index contributed by atoms with van der Waals surface area (Å²) in [5.74, 6) is -0.605. The first-order chi connectivity index (χ1) is 16.0. The summed E-state index contributed by atoms with van der Waals surface area (Å²) in [6.45, 7) is 2.49. The van der Waals surface area contributed by atoms with Crippen LogP contribution in [-0.4, -0.2) is 11.8 Å². The number of hydrogen-bond donors (Lipinski definition) is 1. The summed E-state index contributed by atoms with van der Waals surface area (Å²) in [5, 5.41) is 4.65. The highest BCUT2D eigenvalue weighted by molar-refractivity contribution is 7.12. The van der Waals surface area contributed by atoms with Crippen LogP contribution in [0.15, 0.2) is 90.3 Å². The van der Waals surface area contributed by atoms with Gasteiger partial charge in [0, 0.05) is 11.4 Å². The summed E-state index contributed by atoms with van der Waals surface area (Å²) in [6.07, 6.45) is 0.175. The molecule has 0 saturated carbocycles. The van der Waals surface area contributed by atoms with Gasteiger partial charge in [0.15, 0.2) is 0 Å². The summed E-state index contributed by atoms with van der Waals surface area (Å²) < 4.78 is 13.0. The lowest BCUT2D eigenvalue weighted by Crippen LogP contribution is -2.30. The molecule has 0 aliphatic carbocycles. The molecule has 0 radical (unpaired) electrons. The van der Waals surface area contributed by atoms with Gasteiger partial charge in [0.05, 0.1) is 17.8 Å². The molecular weight excluding hydrogens is 435 g/mol. The van der Waals surface area contributed by atoms with E-state index in [0.29, 0.717) is 17.1 Å². The minimum absolute atomic E-state index is 0.0601.